The van der Waals surface area contributed by atoms with Crippen molar-refractivity contribution in [2.45, 2.75) is 58.5 Å². The normalized spacial score (nSPS) is 18.2. The molecule has 0 bridgehead atoms. The predicted octanol–water partition coefficient (Wildman–Crippen LogP) is 1.37. The van der Waals surface area contributed by atoms with Gasteiger partial charge in [0, 0.05) is 19.1 Å². The summed E-state index contributed by atoms with van der Waals surface area (Å²) < 4.78 is 0. The highest BCUT2D eigenvalue weighted by Gasteiger charge is 2.20. The third kappa shape index (κ3) is 5.36. The van der Waals surface area contributed by atoms with Gasteiger partial charge in [-0.15, -0.1) is 0 Å². The summed E-state index contributed by atoms with van der Waals surface area (Å²) in [6.07, 6.45) is 4.82. The van der Waals surface area contributed by atoms with Crippen LogP contribution in [0.4, 0.5) is 0 Å². The lowest BCUT2D eigenvalue weighted by Gasteiger charge is -2.21. The number of nitrogens with one attached hydrogen (secondary N) is 2. The third-order valence-electron chi connectivity index (χ3n) is 3.87. The topological polar surface area (TPSA) is 44.4 Å². The lowest BCUT2D eigenvalue weighted by molar-refractivity contribution is -0.123. The monoisotopic (exact) mass is 255 g/mol. The lowest BCUT2D eigenvalue weighted by atomic mass is 10.2. The van der Waals surface area contributed by atoms with E-state index in [1.54, 1.807) is 0 Å². The maximum atomic E-state index is 11.9. The maximum absolute atomic E-state index is 11.9. The van der Waals surface area contributed by atoms with Gasteiger partial charge in [-0.3, -0.25) is 4.79 Å². The molecule has 18 heavy (non-hydrogen) atoms. The van der Waals surface area contributed by atoms with Gasteiger partial charge in [0.2, 0.25) is 5.91 Å². The van der Waals surface area contributed by atoms with Crippen LogP contribution in [0.2, 0.25) is 0 Å². The molecule has 4 nitrogen and oxygen atoms in total. The fraction of sp³-hybridized carbons (Fsp3) is 0.929. The van der Waals surface area contributed by atoms with Crippen LogP contribution < -0.4 is 10.6 Å². The fourth-order valence-electron chi connectivity index (χ4n) is 2.47. The first-order chi connectivity index (χ1) is 8.67. The van der Waals surface area contributed by atoms with E-state index < -0.39 is 0 Å². The molecule has 1 fully saturated rings. The molecule has 0 saturated heterocycles. The SMILES string of the molecule is CCN(CC)CCNC(C)C(=O)NC1CCCC1. The van der Waals surface area contributed by atoms with Crippen molar-refractivity contribution in [1.82, 2.24) is 15.5 Å². The van der Waals surface area contributed by atoms with Crippen LogP contribution in [0.3, 0.4) is 0 Å². The molecule has 2 N–H and O–H groups in total. The quantitative estimate of drug-likeness (QED) is 0.688. The summed E-state index contributed by atoms with van der Waals surface area (Å²) in [5, 5.41) is 6.43. The van der Waals surface area contributed by atoms with Gasteiger partial charge in [0.15, 0.2) is 0 Å². The molecule has 1 atom stereocenters. The minimum absolute atomic E-state index is 0.0823. The molecule has 1 saturated carbocycles. The van der Waals surface area contributed by atoms with Gasteiger partial charge in [0.1, 0.15) is 0 Å². The van der Waals surface area contributed by atoms with E-state index in [-0.39, 0.29) is 11.9 Å². The zero-order chi connectivity index (χ0) is 13.4. The molecule has 1 amide bonds. The Bertz CT molecular complexity index is 235. The average Bonchev–Trinajstić information content (AvgIpc) is 2.87. The number of hydrogen-bond acceptors (Lipinski definition) is 3. The van der Waals surface area contributed by atoms with Gasteiger partial charge < -0.3 is 15.5 Å². The van der Waals surface area contributed by atoms with E-state index in [1.165, 1.54) is 12.8 Å². The number of likely N-dealkylation sites (N-methyl/N-ethyl adjacent to an activating group) is 1. The van der Waals surface area contributed by atoms with E-state index in [9.17, 15) is 4.79 Å². The van der Waals surface area contributed by atoms with Crippen molar-refractivity contribution in [3.05, 3.63) is 0 Å². The molecule has 1 aliphatic rings. The predicted molar refractivity (Wildman–Crippen MR) is 75.7 cm³/mol. The van der Waals surface area contributed by atoms with Crippen LogP contribution >= 0.6 is 0 Å². The van der Waals surface area contributed by atoms with Crippen LogP contribution in [0.25, 0.3) is 0 Å². The van der Waals surface area contributed by atoms with Crippen molar-refractivity contribution in [3.63, 3.8) is 0 Å². The average molecular weight is 255 g/mol. The third-order valence-corrected chi connectivity index (χ3v) is 3.87. The van der Waals surface area contributed by atoms with E-state index in [1.807, 2.05) is 6.92 Å². The minimum atomic E-state index is -0.0823. The molecule has 1 aliphatic carbocycles. The maximum Gasteiger partial charge on any atom is 0.237 e. The summed E-state index contributed by atoms with van der Waals surface area (Å²) in [6.45, 7) is 10.3. The lowest BCUT2D eigenvalue weighted by Crippen LogP contribution is -2.47. The van der Waals surface area contributed by atoms with Gasteiger partial charge in [-0.1, -0.05) is 26.7 Å². The number of hydrogen-bond donors (Lipinski definition) is 2. The molecule has 0 aromatic rings. The number of carbonyl (C=O) groups excluding carboxylic acids is 1. The Morgan fingerprint density at radius 3 is 2.44 bits per heavy atom. The van der Waals surface area contributed by atoms with E-state index >= 15 is 0 Å². The summed E-state index contributed by atoms with van der Waals surface area (Å²) in [7, 11) is 0. The van der Waals surface area contributed by atoms with Crippen molar-refractivity contribution in [2.75, 3.05) is 26.2 Å². The summed E-state index contributed by atoms with van der Waals surface area (Å²) in [4.78, 5) is 14.3. The van der Waals surface area contributed by atoms with Crippen molar-refractivity contribution >= 4 is 5.91 Å². The summed E-state index contributed by atoms with van der Waals surface area (Å²) >= 11 is 0. The van der Waals surface area contributed by atoms with Crippen LogP contribution in [0.1, 0.15) is 46.5 Å². The van der Waals surface area contributed by atoms with Crippen LogP contribution in [-0.2, 0) is 4.79 Å². The van der Waals surface area contributed by atoms with Gasteiger partial charge in [0.25, 0.3) is 0 Å². The Balaban J connectivity index is 2.14. The van der Waals surface area contributed by atoms with E-state index in [4.69, 9.17) is 0 Å². The van der Waals surface area contributed by atoms with Crippen molar-refractivity contribution in [2.24, 2.45) is 0 Å². The molecule has 0 aromatic heterocycles. The van der Waals surface area contributed by atoms with Gasteiger partial charge in [0.05, 0.1) is 6.04 Å². The molecule has 0 aliphatic heterocycles. The second kappa shape index (κ2) is 8.48. The highest BCUT2D eigenvalue weighted by atomic mass is 16.2. The van der Waals surface area contributed by atoms with Crippen LogP contribution in [0.5, 0.6) is 0 Å². The molecule has 106 valence electrons. The first-order valence-electron chi connectivity index (χ1n) is 7.43. The first kappa shape index (κ1) is 15.4. The molecule has 4 heteroatoms. The largest absolute Gasteiger partial charge is 0.352 e. The van der Waals surface area contributed by atoms with Gasteiger partial charge in [-0.05, 0) is 32.9 Å². The molecule has 0 spiro atoms. The number of carbonyl (C=O) groups is 1. The zero-order valence-electron chi connectivity index (χ0n) is 12.2. The highest BCUT2D eigenvalue weighted by molar-refractivity contribution is 5.81. The van der Waals surface area contributed by atoms with Crippen LogP contribution in [0, 0.1) is 0 Å². The Morgan fingerprint density at radius 1 is 1.28 bits per heavy atom. The molecule has 0 radical (unpaired) electrons. The summed E-state index contributed by atoms with van der Waals surface area (Å²) in [5.41, 5.74) is 0. The highest BCUT2D eigenvalue weighted by Crippen LogP contribution is 2.17. The molecular weight excluding hydrogens is 226 g/mol. The van der Waals surface area contributed by atoms with Crippen molar-refractivity contribution < 1.29 is 4.79 Å². The van der Waals surface area contributed by atoms with Crippen molar-refractivity contribution in [1.29, 1.82) is 0 Å². The molecule has 0 heterocycles. The second-order valence-electron chi connectivity index (χ2n) is 5.19. The zero-order valence-corrected chi connectivity index (χ0v) is 12.2. The van der Waals surface area contributed by atoms with E-state index in [0.717, 1.165) is 39.0 Å². The Kier molecular flexibility index (Phi) is 7.28. The van der Waals surface area contributed by atoms with Crippen molar-refractivity contribution in [3.8, 4) is 0 Å². The number of nitrogens with zero attached hydrogens (tertiary/aromatic N) is 1. The number of rotatable bonds is 8. The fourth-order valence-corrected chi connectivity index (χ4v) is 2.47. The second-order valence-corrected chi connectivity index (χ2v) is 5.19. The smallest absolute Gasteiger partial charge is 0.237 e. The summed E-state index contributed by atoms with van der Waals surface area (Å²) in [6, 6.07) is 0.339. The van der Waals surface area contributed by atoms with E-state index in [2.05, 4.69) is 29.4 Å². The summed E-state index contributed by atoms with van der Waals surface area (Å²) in [5.74, 6) is 0.154. The van der Waals surface area contributed by atoms with E-state index in [0.29, 0.717) is 6.04 Å². The molecule has 1 rings (SSSR count). The standard InChI is InChI=1S/C14H29N3O/c1-4-17(5-2)11-10-15-12(3)14(18)16-13-8-6-7-9-13/h12-13,15H,4-11H2,1-3H3,(H,16,18). The Morgan fingerprint density at radius 2 is 1.89 bits per heavy atom. The Labute approximate surface area is 111 Å². The van der Waals surface area contributed by atoms with Gasteiger partial charge in [-0.2, -0.15) is 0 Å². The van der Waals surface area contributed by atoms with Crippen LogP contribution in [0.15, 0.2) is 0 Å². The van der Waals surface area contributed by atoms with Crippen LogP contribution in [-0.4, -0.2) is 49.1 Å². The Hall–Kier alpha value is -0.610. The number of amides is 1. The first-order valence-corrected chi connectivity index (χ1v) is 7.43. The molecule has 0 aromatic carbocycles. The molecule has 1 unspecified atom stereocenters. The van der Waals surface area contributed by atoms with Gasteiger partial charge in [-0.25, -0.2) is 0 Å². The minimum Gasteiger partial charge on any atom is -0.352 e. The van der Waals surface area contributed by atoms with Gasteiger partial charge >= 0.3 is 0 Å². The molecular formula is C14H29N3O.